The lowest BCUT2D eigenvalue weighted by atomic mass is 10.0. The molecule has 2 aliphatic heterocycles. The van der Waals surface area contributed by atoms with Crippen LogP contribution in [-0.2, 0) is 25.5 Å². The van der Waals surface area contributed by atoms with E-state index >= 15 is 0 Å². The Bertz CT molecular complexity index is 1110. The second-order valence-corrected chi connectivity index (χ2v) is 8.64. The van der Waals surface area contributed by atoms with E-state index in [9.17, 15) is 9.59 Å². The zero-order valence-electron chi connectivity index (χ0n) is 19.2. The van der Waals surface area contributed by atoms with Crippen molar-refractivity contribution in [3.05, 3.63) is 59.3 Å². The quantitative estimate of drug-likeness (QED) is 0.605. The van der Waals surface area contributed by atoms with E-state index in [2.05, 4.69) is 0 Å². The van der Waals surface area contributed by atoms with Gasteiger partial charge in [0.15, 0.2) is 0 Å². The van der Waals surface area contributed by atoms with Crippen molar-refractivity contribution in [1.82, 2.24) is 9.88 Å². The fourth-order valence-corrected chi connectivity index (χ4v) is 4.48. The summed E-state index contributed by atoms with van der Waals surface area (Å²) in [6.45, 7) is 1.30. The number of amides is 2. The van der Waals surface area contributed by atoms with E-state index in [4.69, 9.17) is 23.9 Å². The summed E-state index contributed by atoms with van der Waals surface area (Å²) in [5.41, 5.74) is 1.84. The molecule has 5 rings (SSSR count). The molecule has 9 heteroatoms. The Labute approximate surface area is 197 Å². The maximum Gasteiger partial charge on any atom is 0.421 e. The summed E-state index contributed by atoms with van der Waals surface area (Å²) in [6.07, 6.45) is 4.35. The van der Waals surface area contributed by atoms with E-state index in [-0.39, 0.29) is 18.1 Å². The number of pyridine rings is 1. The summed E-state index contributed by atoms with van der Waals surface area (Å²) in [6, 6.07) is 10.8. The Morgan fingerprint density at radius 2 is 1.97 bits per heavy atom. The predicted octanol–water partition coefficient (Wildman–Crippen LogP) is 3.30. The molecule has 1 aromatic carbocycles. The van der Waals surface area contributed by atoms with E-state index < -0.39 is 12.4 Å². The Hall–Kier alpha value is -3.27. The van der Waals surface area contributed by atoms with Crippen molar-refractivity contribution in [2.75, 3.05) is 38.9 Å². The lowest BCUT2D eigenvalue weighted by molar-refractivity contribution is -0.151. The van der Waals surface area contributed by atoms with Crippen LogP contribution in [0.4, 0.5) is 10.6 Å². The number of carbonyl (C=O) groups excluding carboxylic acids is 2. The fourth-order valence-electron chi connectivity index (χ4n) is 4.48. The smallest absolute Gasteiger partial charge is 0.410 e. The third kappa shape index (κ3) is 4.18. The molecule has 9 nitrogen and oxygen atoms in total. The second-order valence-electron chi connectivity index (χ2n) is 8.64. The van der Waals surface area contributed by atoms with Crippen molar-refractivity contribution < 1.29 is 28.5 Å². The summed E-state index contributed by atoms with van der Waals surface area (Å²) in [4.78, 5) is 33.9. The summed E-state index contributed by atoms with van der Waals surface area (Å²) < 4.78 is 22.1. The van der Waals surface area contributed by atoms with Crippen molar-refractivity contribution in [1.29, 1.82) is 0 Å². The van der Waals surface area contributed by atoms with E-state index in [1.165, 1.54) is 19.1 Å². The average molecular weight is 466 g/mol. The van der Waals surface area contributed by atoms with Gasteiger partial charge in [0.05, 0.1) is 12.1 Å². The van der Waals surface area contributed by atoms with E-state index in [1.54, 1.807) is 24.3 Å². The number of fused-ring (bicyclic) bond motifs is 1. The zero-order chi connectivity index (χ0) is 23.7. The number of para-hydroxylation sites is 1. The topological polar surface area (TPSA) is 90.4 Å². The number of benzene rings is 1. The lowest BCUT2D eigenvalue weighted by Gasteiger charge is -2.37. The average Bonchev–Trinajstić information content (AvgIpc) is 3.62. The van der Waals surface area contributed by atoms with E-state index in [1.807, 2.05) is 29.2 Å². The highest BCUT2D eigenvalue weighted by atomic mass is 16.7. The number of hydrogen-bond acceptors (Lipinski definition) is 7. The van der Waals surface area contributed by atoms with E-state index in [0.29, 0.717) is 37.0 Å². The molecular formula is C25H27N3O6. The highest BCUT2D eigenvalue weighted by molar-refractivity contribution is 5.92. The number of ether oxygens (including phenoxy) is 4. The number of rotatable bonds is 6. The monoisotopic (exact) mass is 465 g/mol. The first-order valence-corrected chi connectivity index (χ1v) is 11.2. The van der Waals surface area contributed by atoms with Gasteiger partial charge in [0.25, 0.3) is 0 Å². The van der Waals surface area contributed by atoms with Crippen LogP contribution in [0.2, 0.25) is 0 Å². The molecule has 0 N–H and O–H groups in total. The van der Waals surface area contributed by atoms with Crippen LogP contribution in [-0.4, -0.2) is 61.4 Å². The standard InChI is InChI=1S/C25H27N3O6/c1-31-23(32-2)21-18(14-28-20(29)15-33-16-25(28)10-11-25)13-17-7-6-12-27(22(17)26-21)24(30)34-19-8-4-3-5-9-19/h3-9,13,23H,10-12,14-16H2,1-2H3. The Kier molecular flexibility index (Phi) is 6.07. The molecule has 1 aromatic heterocycles. The molecule has 3 aliphatic rings. The van der Waals surface area contributed by atoms with Gasteiger partial charge in [-0.3, -0.25) is 9.69 Å². The van der Waals surface area contributed by atoms with Crippen molar-refractivity contribution in [2.24, 2.45) is 0 Å². The highest BCUT2D eigenvalue weighted by Gasteiger charge is 2.52. The number of anilines is 1. The lowest BCUT2D eigenvalue weighted by Crippen LogP contribution is -2.50. The van der Waals surface area contributed by atoms with Gasteiger partial charge in [-0.1, -0.05) is 30.4 Å². The van der Waals surface area contributed by atoms with Crippen LogP contribution in [0.1, 0.15) is 36.0 Å². The van der Waals surface area contributed by atoms with Crippen LogP contribution in [0.5, 0.6) is 5.75 Å². The maximum atomic E-state index is 13.0. The minimum Gasteiger partial charge on any atom is -0.410 e. The predicted molar refractivity (Wildman–Crippen MR) is 123 cm³/mol. The molecule has 0 radical (unpaired) electrons. The van der Waals surface area contributed by atoms with Crippen LogP contribution in [0.25, 0.3) is 6.08 Å². The molecule has 0 unspecified atom stereocenters. The molecule has 3 heterocycles. The van der Waals surface area contributed by atoms with E-state index in [0.717, 1.165) is 24.0 Å². The van der Waals surface area contributed by atoms with Crippen molar-refractivity contribution in [3.8, 4) is 5.75 Å². The summed E-state index contributed by atoms with van der Waals surface area (Å²) in [7, 11) is 3.06. The Balaban J connectivity index is 1.50. The molecular weight excluding hydrogens is 438 g/mol. The van der Waals surface area contributed by atoms with Gasteiger partial charge in [-0.25, -0.2) is 9.78 Å². The molecule has 1 spiro atoms. The normalized spacial score (nSPS) is 18.4. The third-order valence-electron chi connectivity index (χ3n) is 6.43. The number of morpholine rings is 1. The van der Waals surface area contributed by atoms with Crippen LogP contribution in [0.3, 0.4) is 0 Å². The van der Waals surface area contributed by atoms with Gasteiger partial charge in [-0.2, -0.15) is 0 Å². The molecule has 34 heavy (non-hydrogen) atoms. The Morgan fingerprint density at radius 3 is 2.68 bits per heavy atom. The zero-order valence-corrected chi connectivity index (χ0v) is 19.2. The van der Waals surface area contributed by atoms with Gasteiger partial charge in [0, 0.05) is 32.9 Å². The molecule has 2 aromatic rings. The first-order valence-electron chi connectivity index (χ1n) is 11.2. The van der Waals surface area contributed by atoms with Crippen LogP contribution in [0, 0.1) is 0 Å². The maximum absolute atomic E-state index is 13.0. The molecule has 178 valence electrons. The second kappa shape index (κ2) is 9.17. The molecule has 2 fully saturated rings. The minimum atomic E-state index is -0.760. The van der Waals surface area contributed by atoms with Crippen molar-refractivity contribution >= 4 is 23.9 Å². The van der Waals surface area contributed by atoms with Gasteiger partial charge in [0.2, 0.25) is 12.2 Å². The number of methoxy groups -OCH3 is 2. The molecule has 1 aliphatic carbocycles. The largest absolute Gasteiger partial charge is 0.421 e. The van der Waals surface area contributed by atoms with Gasteiger partial charge in [-0.15, -0.1) is 0 Å². The fraction of sp³-hybridized carbons (Fsp3) is 0.400. The van der Waals surface area contributed by atoms with Gasteiger partial charge < -0.3 is 23.8 Å². The van der Waals surface area contributed by atoms with Crippen LogP contribution in [0.15, 0.2) is 42.5 Å². The molecule has 0 bridgehead atoms. The van der Waals surface area contributed by atoms with Crippen molar-refractivity contribution in [3.63, 3.8) is 0 Å². The first kappa shape index (κ1) is 22.5. The minimum absolute atomic E-state index is 0.0394. The number of aromatic nitrogens is 1. The van der Waals surface area contributed by atoms with Crippen LogP contribution >= 0.6 is 0 Å². The number of hydrogen-bond donors (Lipinski definition) is 0. The van der Waals surface area contributed by atoms with Crippen molar-refractivity contribution in [2.45, 2.75) is 31.2 Å². The molecule has 1 saturated heterocycles. The number of nitrogens with zero attached hydrogens (tertiary/aromatic N) is 3. The molecule has 2 amide bonds. The summed E-state index contributed by atoms with van der Waals surface area (Å²) in [5.74, 6) is 0.866. The summed E-state index contributed by atoms with van der Waals surface area (Å²) in [5, 5.41) is 0. The first-order chi connectivity index (χ1) is 16.5. The molecule has 1 saturated carbocycles. The van der Waals surface area contributed by atoms with Gasteiger partial charge in [0.1, 0.15) is 23.9 Å². The summed E-state index contributed by atoms with van der Waals surface area (Å²) >= 11 is 0. The van der Waals surface area contributed by atoms with Crippen LogP contribution < -0.4 is 9.64 Å². The van der Waals surface area contributed by atoms with Gasteiger partial charge in [-0.05, 0) is 36.6 Å². The van der Waals surface area contributed by atoms with Gasteiger partial charge >= 0.3 is 6.09 Å². The SMILES string of the molecule is COC(OC)c1nc2c(cc1CN1C(=O)COCC13CC3)C=CCN2C(=O)Oc1ccccc1. The third-order valence-corrected chi connectivity index (χ3v) is 6.43. The number of carbonyl (C=O) groups is 2. The highest BCUT2D eigenvalue weighted by Crippen LogP contribution is 2.45. The Morgan fingerprint density at radius 1 is 1.21 bits per heavy atom. The molecule has 0 atom stereocenters.